The van der Waals surface area contributed by atoms with Crippen LogP contribution in [0.5, 0.6) is 5.75 Å². The number of aromatic nitrogens is 3. The third-order valence-electron chi connectivity index (χ3n) is 4.71. The zero-order chi connectivity index (χ0) is 21.3. The van der Waals surface area contributed by atoms with Crippen LogP contribution < -0.4 is 10.1 Å². The number of nitrogens with zero attached hydrogens (tertiary/aromatic N) is 3. The molecule has 158 valence electrons. The molecule has 0 spiro atoms. The molecule has 1 heterocycles. The summed E-state index contributed by atoms with van der Waals surface area (Å²) in [5, 5.41) is 12.5. The number of para-hydroxylation sites is 1. The van der Waals surface area contributed by atoms with E-state index in [4.69, 9.17) is 4.74 Å². The van der Waals surface area contributed by atoms with Crippen LogP contribution in [0, 0.1) is 6.92 Å². The molecule has 30 heavy (non-hydrogen) atoms. The molecule has 1 amide bonds. The second-order valence-corrected chi connectivity index (χ2v) is 7.97. The molecule has 0 fully saturated rings. The van der Waals surface area contributed by atoms with Gasteiger partial charge in [-0.1, -0.05) is 61.4 Å². The molecule has 0 atom stereocenters. The number of carbonyl (C=O) groups excluding carboxylic acids is 1. The molecule has 0 aliphatic rings. The predicted molar refractivity (Wildman–Crippen MR) is 121 cm³/mol. The summed E-state index contributed by atoms with van der Waals surface area (Å²) in [4.78, 5) is 12.2. The van der Waals surface area contributed by atoms with E-state index < -0.39 is 0 Å². The Balaban J connectivity index is 1.87. The van der Waals surface area contributed by atoms with E-state index in [-0.39, 0.29) is 5.91 Å². The van der Waals surface area contributed by atoms with E-state index in [1.165, 1.54) is 17.3 Å². The minimum Gasteiger partial charge on any atom is -0.496 e. The lowest BCUT2D eigenvalue weighted by atomic mass is 10.1. The van der Waals surface area contributed by atoms with Crippen molar-refractivity contribution < 1.29 is 9.53 Å². The quantitative estimate of drug-likeness (QED) is 0.379. The molecule has 0 saturated carbocycles. The van der Waals surface area contributed by atoms with Crippen LogP contribution in [0.2, 0.25) is 0 Å². The number of carbonyl (C=O) groups is 1. The second-order valence-electron chi connectivity index (χ2n) is 7.02. The molecule has 3 rings (SSSR count). The number of unbranched alkanes of at least 4 members (excludes halogenated alkanes) is 2. The Morgan fingerprint density at radius 1 is 1.10 bits per heavy atom. The van der Waals surface area contributed by atoms with Gasteiger partial charge < -0.3 is 10.1 Å². The van der Waals surface area contributed by atoms with Crippen molar-refractivity contribution >= 4 is 17.7 Å². The van der Waals surface area contributed by atoms with Crippen LogP contribution in [0.1, 0.15) is 31.7 Å². The van der Waals surface area contributed by atoms with Crippen molar-refractivity contribution in [1.82, 2.24) is 20.1 Å². The van der Waals surface area contributed by atoms with E-state index in [9.17, 15) is 4.79 Å². The van der Waals surface area contributed by atoms with E-state index in [1.54, 1.807) is 7.11 Å². The number of hydrogen-bond donors (Lipinski definition) is 1. The summed E-state index contributed by atoms with van der Waals surface area (Å²) in [6.07, 6.45) is 3.26. The number of thioether (sulfide) groups is 1. The minimum atomic E-state index is 0.00778. The lowest BCUT2D eigenvalue weighted by molar-refractivity contribution is -0.118. The zero-order valence-corrected chi connectivity index (χ0v) is 18.5. The van der Waals surface area contributed by atoms with Crippen molar-refractivity contribution in [2.75, 3.05) is 19.4 Å². The Kier molecular flexibility index (Phi) is 7.90. The highest BCUT2D eigenvalue weighted by molar-refractivity contribution is 7.99. The first kappa shape index (κ1) is 21.9. The molecule has 1 aromatic heterocycles. The number of hydrogen-bond acceptors (Lipinski definition) is 5. The predicted octanol–water partition coefficient (Wildman–Crippen LogP) is 4.65. The number of aryl methyl sites for hydroxylation is 1. The van der Waals surface area contributed by atoms with Gasteiger partial charge in [-0.2, -0.15) is 0 Å². The molecule has 0 radical (unpaired) electrons. The highest BCUT2D eigenvalue weighted by Crippen LogP contribution is 2.33. The molecular weight excluding hydrogens is 396 g/mol. The van der Waals surface area contributed by atoms with Gasteiger partial charge >= 0.3 is 0 Å². The van der Waals surface area contributed by atoms with Crippen molar-refractivity contribution in [2.24, 2.45) is 0 Å². The fourth-order valence-corrected chi connectivity index (χ4v) is 3.86. The average Bonchev–Trinajstić information content (AvgIpc) is 3.19. The lowest BCUT2D eigenvalue weighted by Gasteiger charge is -2.12. The molecule has 0 saturated heterocycles. The Bertz CT molecular complexity index is 970. The monoisotopic (exact) mass is 424 g/mol. The molecule has 0 aliphatic heterocycles. The van der Waals surface area contributed by atoms with E-state index in [0.29, 0.717) is 23.3 Å². The Morgan fingerprint density at radius 2 is 1.87 bits per heavy atom. The highest BCUT2D eigenvalue weighted by Gasteiger charge is 2.19. The Labute approximate surface area is 182 Å². The number of nitrogens with one attached hydrogen (secondary N) is 1. The van der Waals surface area contributed by atoms with E-state index >= 15 is 0 Å². The molecule has 0 unspecified atom stereocenters. The van der Waals surface area contributed by atoms with Gasteiger partial charge in [0.15, 0.2) is 11.0 Å². The Hall–Kier alpha value is -2.80. The topological polar surface area (TPSA) is 69.0 Å². The third kappa shape index (κ3) is 5.42. The molecule has 0 aliphatic carbocycles. The fraction of sp³-hybridized carbons (Fsp3) is 0.348. The van der Waals surface area contributed by atoms with Gasteiger partial charge in [0.05, 0.1) is 18.4 Å². The summed E-state index contributed by atoms with van der Waals surface area (Å²) in [6, 6.07) is 15.9. The van der Waals surface area contributed by atoms with Crippen LogP contribution in [0.15, 0.2) is 53.7 Å². The zero-order valence-electron chi connectivity index (χ0n) is 17.7. The number of ether oxygens (including phenoxy) is 1. The maximum Gasteiger partial charge on any atom is 0.230 e. The van der Waals surface area contributed by atoms with Crippen molar-refractivity contribution in [3.05, 3.63) is 54.1 Å². The van der Waals surface area contributed by atoms with Crippen LogP contribution >= 0.6 is 11.8 Å². The van der Waals surface area contributed by atoms with Crippen molar-refractivity contribution in [1.29, 1.82) is 0 Å². The first-order valence-electron chi connectivity index (χ1n) is 10.2. The smallest absolute Gasteiger partial charge is 0.230 e. The number of benzene rings is 2. The van der Waals surface area contributed by atoms with Crippen LogP contribution in [0.3, 0.4) is 0 Å². The molecule has 7 heteroatoms. The molecule has 6 nitrogen and oxygen atoms in total. The average molecular weight is 425 g/mol. The largest absolute Gasteiger partial charge is 0.496 e. The molecule has 0 bridgehead atoms. The van der Waals surface area contributed by atoms with Crippen LogP contribution in [0.25, 0.3) is 17.1 Å². The van der Waals surface area contributed by atoms with Crippen molar-refractivity contribution in [3.8, 4) is 22.8 Å². The summed E-state index contributed by atoms with van der Waals surface area (Å²) >= 11 is 1.38. The van der Waals surface area contributed by atoms with Crippen molar-refractivity contribution in [3.63, 3.8) is 0 Å². The number of amides is 1. The van der Waals surface area contributed by atoms with Crippen LogP contribution in [-0.2, 0) is 4.79 Å². The number of rotatable bonds is 10. The van der Waals surface area contributed by atoms with Crippen LogP contribution in [-0.4, -0.2) is 40.1 Å². The van der Waals surface area contributed by atoms with E-state index in [2.05, 4.69) is 41.5 Å². The minimum absolute atomic E-state index is 0.00778. The highest BCUT2D eigenvalue weighted by atomic mass is 32.2. The first-order chi connectivity index (χ1) is 14.6. The lowest BCUT2D eigenvalue weighted by Crippen LogP contribution is -2.26. The molecule has 1 N–H and O–H groups in total. The fourth-order valence-electron chi connectivity index (χ4n) is 3.08. The van der Waals surface area contributed by atoms with Gasteiger partial charge in [-0.25, -0.2) is 0 Å². The van der Waals surface area contributed by atoms with Gasteiger partial charge in [0.25, 0.3) is 0 Å². The van der Waals surface area contributed by atoms with E-state index in [1.807, 2.05) is 41.0 Å². The van der Waals surface area contributed by atoms with Gasteiger partial charge in [-0.3, -0.25) is 9.36 Å². The standard InChI is InChI=1S/C23H28N4O2S/c1-4-5-8-15-24-21(28)16-30-23-26-25-22(19-9-6-7-10-20(19)29-3)27(23)18-13-11-17(2)12-14-18/h6-7,9-14H,4-5,8,15-16H2,1-3H3,(H,24,28). The summed E-state index contributed by atoms with van der Waals surface area (Å²) in [7, 11) is 1.64. The van der Waals surface area contributed by atoms with Gasteiger partial charge in [0.1, 0.15) is 5.75 Å². The summed E-state index contributed by atoms with van der Waals surface area (Å²) in [5.41, 5.74) is 2.97. The maximum absolute atomic E-state index is 12.2. The van der Waals surface area contributed by atoms with Crippen LogP contribution in [0.4, 0.5) is 0 Å². The van der Waals surface area contributed by atoms with Crippen molar-refractivity contribution in [2.45, 2.75) is 38.3 Å². The molecular formula is C23H28N4O2S. The number of methoxy groups -OCH3 is 1. The van der Waals surface area contributed by atoms with Gasteiger partial charge in [0, 0.05) is 12.2 Å². The molecule has 2 aromatic carbocycles. The van der Waals surface area contributed by atoms with Gasteiger partial charge in [0.2, 0.25) is 5.91 Å². The first-order valence-corrected chi connectivity index (χ1v) is 11.2. The third-order valence-corrected chi connectivity index (χ3v) is 5.64. The molecule has 3 aromatic rings. The van der Waals surface area contributed by atoms with Gasteiger partial charge in [-0.15, -0.1) is 10.2 Å². The Morgan fingerprint density at radius 3 is 2.60 bits per heavy atom. The van der Waals surface area contributed by atoms with Gasteiger partial charge in [-0.05, 0) is 37.6 Å². The normalized spacial score (nSPS) is 10.8. The SMILES string of the molecule is CCCCCNC(=O)CSc1nnc(-c2ccccc2OC)n1-c1ccc(C)cc1. The summed E-state index contributed by atoms with van der Waals surface area (Å²) in [6.45, 7) is 4.91. The maximum atomic E-state index is 12.2. The summed E-state index contributed by atoms with van der Waals surface area (Å²) < 4.78 is 7.51. The summed E-state index contributed by atoms with van der Waals surface area (Å²) in [5.74, 6) is 1.71. The second kappa shape index (κ2) is 10.8. The van der Waals surface area contributed by atoms with E-state index in [0.717, 1.165) is 36.3 Å².